The number of halogens is 1. The molecule has 0 atom stereocenters. The van der Waals surface area contributed by atoms with Crippen LogP contribution in [0.2, 0.25) is 5.02 Å². The van der Waals surface area contributed by atoms with E-state index in [1.807, 2.05) is 6.07 Å². The van der Waals surface area contributed by atoms with Gasteiger partial charge in [-0.25, -0.2) is 0 Å². The fourth-order valence-corrected chi connectivity index (χ4v) is 3.52. The van der Waals surface area contributed by atoms with Crippen LogP contribution in [0.1, 0.15) is 30.5 Å². The Balaban J connectivity index is 1.70. The van der Waals surface area contributed by atoms with Crippen LogP contribution < -0.4 is 5.32 Å². The number of benzene rings is 2. The average molecular weight is 401 g/mol. The lowest BCUT2D eigenvalue weighted by molar-refractivity contribution is -0.385. The second-order valence-electron chi connectivity index (χ2n) is 5.56. The van der Waals surface area contributed by atoms with Crippen LogP contribution in [0.3, 0.4) is 0 Å². The minimum atomic E-state index is -0.632. The summed E-state index contributed by atoms with van der Waals surface area (Å²) in [4.78, 5) is 36.5. The van der Waals surface area contributed by atoms with Gasteiger partial charge < -0.3 is 5.32 Å². The number of nitro groups is 1. The number of nitrogens with zero attached hydrogens (tertiary/aromatic N) is 1. The van der Waals surface area contributed by atoms with Gasteiger partial charge in [-0.3, -0.25) is 19.7 Å². The lowest BCUT2D eigenvalue weighted by Gasteiger charge is -2.05. The first-order valence-corrected chi connectivity index (χ1v) is 9.06. The van der Waals surface area contributed by atoms with E-state index in [9.17, 15) is 19.7 Å². The Bertz CT molecular complexity index is 1020. The van der Waals surface area contributed by atoms with Crippen molar-refractivity contribution >= 4 is 40.3 Å². The van der Waals surface area contributed by atoms with E-state index < -0.39 is 10.8 Å². The largest absolute Gasteiger partial charge is 0.347 e. The molecule has 0 saturated carbocycles. The standard InChI is InChI=1S/C19H13ClN2O4S/c20-13-6-8-16(22(25)26)15(10-13)19(24)21-11-14-7-9-17(27-14)18(23)12-4-2-1-3-5-12/h1-10H,11H2,(H,21,24). The van der Waals surface area contributed by atoms with Crippen molar-refractivity contribution in [2.24, 2.45) is 0 Å². The second kappa shape index (κ2) is 8.11. The van der Waals surface area contributed by atoms with Gasteiger partial charge in [-0.1, -0.05) is 41.9 Å². The summed E-state index contributed by atoms with van der Waals surface area (Å²) in [5.41, 5.74) is 0.164. The summed E-state index contributed by atoms with van der Waals surface area (Å²) in [5.74, 6) is -0.697. The van der Waals surface area contributed by atoms with E-state index in [4.69, 9.17) is 11.6 Å². The quantitative estimate of drug-likeness (QED) is 0.375. The lowest BCUT2D eigenvalue weighted by atomic mass is 10.1. The van der Waals surface area contributed by atoms with Crippen molar-refractivity contribution < 1.29 is 14.5 Å². The molecule has 0 unspecified atom stereocenters. The molecule has 0 bridgehead atoms. The first-order valence-electron chi connectivity index (χ1n) is 7.86. The van der Waals surface area contributed by atoms with E-state index >= 15 is 0 Å². The molecule has 0 spiro atoms. The third-order valence-corrected chi connectivity index (χ3v) is 5.06. The molecule has 1 amide bonds. The smallest absolute Gasteiger partial charge is 0.282 e. The van der Waals surface area contributed by atoms with Crippen LogP contribution in [0, 0.1) is 10.1 Å². The molecule has 0 fully saturated rings. The van der Waals surface area contributed by atoms with Gasteiger partial charge in [0.2, 0.25) is 5.78 Å². The Hall–Kier alpha value is -3.03. The van der Waals surface area contributed by atoms with Crippen LogP contribution in [-0.2, 0) is 6.54 Å². The third kappa shape index (κ3) is 4.39. The molecule has 0 aliphatic heterocycles. The molecular weight excluding hydrogens is 388 g/mol. The number of rotatable bonds is 6. The van der Waals surface area contributed by atoms with Gasteiger partial charge in [0.1, 0.15) is 5.56 Å². The Morgan fingerprint density at radius 2 is 1.81 bits per heavy atom. The van der Waals surface area contributed by atoms with Crippen molar-refractivity contribution in [1.29, 1.82) is 0 Å². The summed E-state index contributed by atoms with van der Waals surface area (Å²) in [7, 11) is 0. The van der Waals surface area contributed by atoms with Crippen molar-refractivity contribution in [3.63, 3.8) is 0 Å². The van der Waals surface area contributed by atoms with Gasteiger partial charge in [0.05, 0.1) is 16.3 Å². The average Bonchev–Trinajstić information content (AvgIpc) is 3.15. The molecule has 2 aromatic carbocycles. The van der Waals surface area contributed by atoms with Crippen molar-refractivity contribution in [3.05, 3.63) is 96.7 Å². The van der Waals surface area contributed by atoms with E-state index in [1.54, 1.807) is 36.4 Å². The van der Waals surface area contributed by atoms with Gasteiger partial charge in [0, 0.05) is 21.5 Å². The summed E-state index contributed by atoms with van der Waals surface area (Å²) < 4.78 is 0. The monoisotopic (exact) mass is 400 g/mol. The molecule has 1 heterocycles. The van der Waals surface area contributed by atoms with E-state index in [0.717, 1.165) is 4.88 Å². The highest BCUT2D eigenvalue weighted by Crippen LogP contribution is 2.24. The maximum Gasteiger partial charge on any atom is 0.282 e. The summed E-state index contributed by atoms with van der Waals surface area (Å²) in [6, 6.07) is 16.1. The van der Waals surface area contributed by atoms with Gasteiger partial charge >= 0.3 is 0 Å². The molecule has 1 N–H and O–H groups in total. The number of hydrogen-bond acceptors (Lipinski definition) is 5. The summed E-state index contributed by atoms with van der Waals surface area (Å²) in [6.07, 6.45) is 0. The Kier molecular flexibility index (Phi) is 5.63. The SMILES string of the molecule is O=C(c1ccccc1)c1ccc(CNC(=O)c2cc(Cl)ccc2[N+](=O)[O-])s1. The van der Waals surface area contributed by atoms with Gasteiger partial charge in [0.25, 0.3) is 11.6 Å². The third-order valence-electron chi connectivity index (χ3n) is 3.74. The molecule has 8 heteroatoms. The minimum absolute atomic E-state index is 0.0938. The zero-order valence-corrected chi connectivity index (χ0v) is 15.4. The number of carbonyl (C=O) groups excluding carboxylic acids is 2. The summed E-state index contributed by atoms with van der Waals surface area (Å²) in [6.45, 7) is 0.148. The number of nitrogens with one attached hydrogen (secondary N) is 1. The van der Waals surface area contributed by atoms with Gasteiger partial charge in [-0.2, -0.15) is 0 Å². The number of ketones is 1. The molecule has 0 saturated heterocycles. The fourth-order valence-electron chi connectivity index (χ4n) is 2.44. The van der Waals surface area contributed by atoms with Crippen molar-refractivity contribution in [2.75, 3.05) is 0 Å². The lowest BCUT2D eigenvalue weighted by Crippen LogP contribution is -2.23. The molecule has 1 aromatic heterocycles. The van der Waals surface area contributed by atoms with E-state index in [2.05, 4.69) is 5.32 Å². The maximum absolute atomic E-state index is 12.4. The zero-order valence-electron chi connectivity index (χ0n) is 13.8. The second-order valence-corrected chi connectivity index (χ2v) is 7.17. The first kappa shape index (κ1) is 18.8. The molecule has 27 heavy (non-hydrogen) atoms. The van der Waals surface area contributed by atoms with Crippen LogP contribution in [0.25, 0.3) is 0 Å². The molecule has 6 nitrogen and oxygen atoms in total. The number of carbonyl (C=O) groups is 2. The summed E-state index contributed by atoms with van der Waals surface area (Å²) in [5, 5.41) is 13.9. The highest BCUT2D eigenvalue weighted by molar-refractivity contribution is 7.14. The topological polar surface area (TPSA) is 89.3 Å². The predicted octanol–water partition coefficient (Wildman–Crippen LogP) is 4.47. The van der Waals surface area contributed by atoms with Gasteiger partial charge in [0.15, 0.2) is 0 Å². The molecule has 3 aromatic rings. The Morgan fingerprint density at radius 3 is 2.52 bits per heavy atom. The Labute approximate surface area is 163 Å². The van der Waals surface area contributed by atoms with Crippen LogP contribution in [-0.4, -0.2) is 16.6 Å². The van der Waals surface area contributed by atoms with Crippen LogP contribution in [0.5, 0.6) is 0 Å². The van der Waals surface area contributed by atoms with Gasteiger partial charge in [-0.05, 0) is 24.3 Å². The van der Waals surface area contributed by atoms with E-state index in [1.165, 1.54) is 29.5 Å². The van der Waals surface area contributed by atoms with Crippen molar-refractivity contribution in [2.45, 2.75) is 6.54 Å². The van der Waals surface area contributed by atoms with E-state index in [0.29, 0.717) is 10.4 Å². The Morgan fingerprint density at radius 1 is 1.07 bits per heavy atom. The number of hydrogen-bond donors (Lipinski definition) is 1. The fraction of sp³-hybridized carbons (Fsp3) is 0.0526. The van der Waals surface area contributed by atoms with Gasteiger partial charge in [-0.15, -0.1) is 11.3 Å². The zero-order chi connectivity index (χ0) is 19.4. The molecule has 0 radical (unpaired) electrons. The molecule has 136 valence electrons. The molecule has 0 aliphatic carbocycles. The summed E-state index contributed by atoms with van der Waals surface area (Å²) >= 11 is 7.10. The molecule has 3 rings (SSSR count). The normalized spacial score (nSPS) is 10.4. The van der Waals surface area contributed by atoms with Crippen molar-refractivity contribution in [1.82, 2.24) is 5.32 Å². The highest BCUT2D eigenvalue weighted by atomic mass is 35.5. The van der Waals surface area contributed by atoms with Crippen LogP contribution in [0.4, 0.5) is 5.69 Å². The van der Waals surface area contributed by atoms with Crippen molar-refractivity contribution in [3.8, 4) is 0 Å². The minimum Gasteiger partial charge on any atom is -0.347 e. The number of thiophene rings is 1. The highest BCUT2D eigenvalue weighted by Gasteiger charge is 2.20. The maximum atomic E-state index is 12.4. The number of nitro benzene ring substituents is 1. The first-order chi connectivity index (χ1) is 13.0. The van der Waals surface area contributed by atoms with Crippen LogP contribution in [0.15, 0.2) is 60.7 Å². The predicted molar refractivity (Wildman–Crippen MR) is 103 cm³/mol. The van der Waals surface area contributed by atoms with Crippen LogP contribution >= 0.6 is 22.9 Å². The number of amides is 1. The molecule has 0 aliphatic rings. The molecular formula is C19H13ClN2O4S. The van der Waals surface area contributed by atoms with E-state index in [-0.39, 0.29) is 28.6 Å².